The summed E-state index contributed by atoms with van der Waals surface area (Å²) in [7, 11) is 0. The fourth-order valence-electron chi connectivity index (χ4n) is 3.29. The van der Waals surface area contributed by atoms with Crippen LogP contribution in [-0.2, 0) is 26.0 Å². The summed E-state index contributed by atoms with van der Waals surface area (Å²) in [5.41, 5.74) is 5.73. The molecule has 2 heterocycles. The molecule has 7 heteroatoms. The highest BCUT2D eigenvalue weighted by atomic mass is 16.5. The van der Waals surface area contributed by atoms with Crippen LogP contribution in [0.1, 0.15) is 50.7 Å². The number of nitrogens with zero attached hydrogens (tertiary/aromatic N) is 2. The number of H-pyrrole nitrogens is 1. The van der Waals surface area contributed by atoms with Gasteiger partial charge in [0.2, 0.25) is 0 Å². The largest absolute Gasteiger partial charge is 0.485 e. The number of amides is 1. The van der Waals surface area contributed by atoms with Gasteiger partial charge in [0.05, 0.1) is 12.2 Å². The number of fused-ring (bicyclic) bond motifs is 1. The van der Waals surface area contributed by atoms with Gasteiger partial charge in [-0.15, -0.1) is 0 Å². The van der Waals surface area contributed by atoms with E-state index in [0.717, 1.165) is 41.8 Å². The number of nitrogens with one attached hydrogen (secondary N) is 2. The van der Waals surface area contributed by atoms with Gasteiger partial charge in [-0.1, -0.05) is 17.3 Å². The van der Waals surface area contributed by atoms with E-state index in [2.05, 4.69) is 20.7 Å². The zero-order valence-corrected chi connectivity index (χ0v) is 15.5. The Morgan fingerprint density at radius 3 is 3.07 bits per heavy atom. The SMILES string of the molecule is Cc1ccc(C)c(OCc2cc(C(=O)NCc3n[nH]c4c3CCC4)no2)c1. The summed E-state index contributed by atoms with van der Waals surface area (Å²) in [5, 5.41) is 14.0. The lowest BCUT2D eigenvalue weighted by Crippen LogP contribution is -2.23. The molecule has 2 aromatic heterocycles. The van der Waals surface area contributed by atoms with Crippen LogP contribution in [-0.4, -0.2) is 21.3 Å². The zero-order chi connectivity index (χ0) is 18.8. The maximum atomic E-state index is 12.3. The Morgan fingerprint density at radius 1 is 1.30 bits per heavy atom. The van der Waals surface area contributed by atoms with E-state index in [-0.39, 0.29) is 18.2 Å². The molecule has 0 bridgehead atoms. The number of hydrogen-bond donors (Lipinski definition) is 2. The predicted octanol–water partition coefficient (Wildman–Crippen LogP) is 3.01. The quantitative estimate of drug-likeness (QED) is 0.699. The number of carbonyl (C=O) groups is 1. The molecule has 1 aromatic carbocycles. The first-order valence-electron chi connectivity index (χ1n) is 9.09. The van der Waals surface area contributed by atoms with Gasteiger partial charge in [0, 0.05) is 11.8 Å². The Labute approximate surface area is 157 Å². The summed E-state index contributed by atoms with van der Waals surface area (Å²) in [6, 6.07) is 7.63. The lowest BCUT2D eigenvalue weighted by molar-refractivity contribution is 0.0941. The van der Waals surface area contributed by atoms with E-state index >= 15 is 0 Å². The van der Waals surface area contributed by atoms with Crippen molar-refractivity contribution in [2.45, 2.75) is 46.3 Å². The van der Waals surface area contributed by atoms with Gasteiger partial charge in [-0.3, -0.25) is 9.89 Å². The van der Waals surface area contributed by atoms with Crippen LogP contribution in [0.5, 0.6) is 5.75 Å². The Bertz CT molecular complexity index is 974. The van der Waals surface area contributed by atoms with E-state index < -0.39 is 0 Å². The Kier molecular flexibility index (Phi) is 4.66. The maximum Gasteiger partial charge on any atom is 0.273 e. The average Bonchev–Trinajstić information content (AvgIpc) is 3.38. The summed E-state index contributed by atoms with van der Waals surface area (Å²) in [4.78, 5) is 12.3. The number of rotatable bonds is 6. The highest BCUT2D eigenvalue weighted by Crippen LogP contribution is 2.23. The zero-order valence-electron chi connectivity index (χ0n) is 15.5. The fraction of sp³-hybridized carbons (Fsp3) is 0.350. The molecule has 0 radical (unpaired) electrons. The summed E-state index contributed by atoms with van der Waals surface area (Å²) in [5.74, 6) is 1.01. The van der Waals surface area contributed by atoms with Crippen molar-refractivity contribution in [3.05, 3.63) is 63.8 Å². The van der Waals surface area contributed by atoms with E-state index in [4.69, 9.17) is 9.26 Å². The first-order chi connectivity index (χ1) is 13.1. The highest BCUT2D eigenvalue weighted by molar-refractivity contribution is 5.92. The number of aromatic amines is 1. The van der Waals surface area contributed by atoms with Crippen LogP contribution in [0.25, 0.3) is 0 Å². The molecule has 0 atom stereocenters. The van der Waals surface area contributed by atoms with Crippen molar-refractivity contribution in [3.63, 3.8) is 0 Å². The number of hydrogen-bond acceptors (Lipinski definition) is 5. The second kappa shape index (κ2) is 7.26. The van der Waals surface area contributed by atoms with Crippen molar-refractivity contribution in [2.75, 3.05) is 0 Å². The highest BCUT2D eigenvalue weighted by Gasteiger charge is 2.19. The number of aromatic nitrogens is 3. The van der Waals surface area contributed by atoms with Crippen LogP contribution in [0.2, 0.25) is 0 Å². The van der Waals surface area contributed by atoms with Crippen LogP contribution in [0.4, 0.5) is 0 Å². The average molecular weight is 366 g/mol. The molecule has 4 rings (SSSR count). The molecule has 3 aromatic rings. The van der Waals surface area contributed by atoms with E-state index in [9.17, 15) is 4.79 Å². The third-order valence-electron chi connectivity index (χ3n) is 4.81. The fourth-order valence-corrected chi connectivity index (χ4v) is 3.29. The van der Waals surface area contributed by atoms with Crippen LogP contribution in [0.3, 0.4) is 0 Å². The molecule has 1 aliphatic rings. The van der Waals surface area contributed by atoms with Crippen LogP contribution >= 0.6 is 0 Å². The molecule has 0 unspecified atom stereocenters. The Morgan fingerprint density at radius 2 is 2.19 bits per heavy atom. The molecule has 0 aliphatic heterocycles. The molecule has 140 valence electrons. The maximum absolute atomic E-state index is 12.3. The molecule has 0 saturated heterocycles. The standard InChI is InChI=1S/C20H22N4O3/c1-12-6-7-13(2)19(8-12)26-11-14-9-17(24-27-14)20(25)21-10-18-15-4-3-5-16(15)22-23-18/h6-9H,3-5,10-11H2,1-2H3,(H,21,25)(H,22,23). The monoisotopic (exact) mass is 366 g/mol. The third-order valence-corrected chi connectivity index (χ3v) is 4.81. The number of carbonyl (C=O) groups excluding carboxylic acids is 1. The van der Waals surface area contributed by atoms with Gasteiger partial charge in [0.25, 0.3) is 5.91 Å². The van der Waals surface area contributed by atoms with E-state index in [0.29, 0.717) is 12.3 Å². The van der Waals surface area contributed by atoms with Crippen molar-refractivity contribution >= 4 is 5.91 Å². The normalized spacial score (nSPS) is 12.8. The van der Waals surface area contributed by atoms with Gasteiger partial charge in [-0.2, -0.15) is 5.10 Å². The third kappa shape index (κ3) is 3.72. The topological polar surface area (TPSA) is 93.0 Å². The first kappa shape index (κ1) is 17.3. The molecular formula is C20H22N4O3. The molecule has 1 aliphatic carbocycles. The first-order valence-corrected chi connectivity index (χ1v) is 9.09. The minimum Gasteiger partial charge on any atom is -0.485 e. The molecule has 1 amide bonds. The second-order valence-electron chi connectivity index (χ2n) is 6.90. The lowest BCUT2D eigenvalue weighted by atomic mass is 10.1. The lowest BCUT2D eigenvalue weighted by Gasteiger charge is -2.07. The van der Waals surface area contributed by atoms with Gasteiger partial charge < -0.3 is 14.6 Å². The van der Waals surface area contributed by atoms with Crippen molar-refractivity contribution in [1.82, 2.24) is 20.7 Å². The second-order valence-corrected chi connectivity index (χ2v) is 6.90. The van der Waals surface area contributed by atoms with Gasteiger partial charge in [-0.05, 0) is 55.9 Å². The molecular weight excluding hydrogens is 344 g/mol. The van der Waals surface area contributed by atoms with Gasteiger partial charge >= 0.3 is 0 Å². The smallest absolute Gasteiger partial charge is 0.273 e. The summed E-state index contributed by atoms with van der Waals surface area (Å²) < 4.78 is 11.0. The number of aryl methyl sites for hydroxylation is 3. The minimum absolute atomic E-state index is 0.220. The molecule has 7 nitrogen and oxygen atoms in total. The van der Waals surface area contributed by atoms with Crippen LogP contribution in [0, 0.1) is 13.8 Å². The van der Waals surface area contributed by atoms with Crippen LogP contribution in [0.15, 0.2) is 28.8 Å². The molecule has 2 N–H and O–H groups in total. The van der Waals surface area contributed by atoms with E-state index in [1.54, 1.807) is 6.07 Å². The van der Waals surface area contributed by atoms with Crippen molar-refractivity contribution in [2.24, 2.45) is 0 Å². The summed E-state index contributed by atoms with van der Waals surface area (Å²) >= 11 is 0. The van der Waals surface area contributed by atoms with Crippen molar-refractivity contribution < 1.29 is 14.1 Å². The van der Waals surface area contributed by atoms with E-state index in [1.165, 1.54) is 11.3 Å². The predicted molar refractivity (Wildman–Crippen MR) is 98.5 cm³/mol. The van der Waals surface area contributed by atoms with Crippen LogP contribution < -0.4 is 10.1 Å². The van der Waals surface area contributed by atoms with E-state index in [1.807, 2.05) is 32.0 Å². The Hall–Kier alpha value is -3.09. The molecule has 0 fully saturated rings. The minimum atomic E-state index is -0.286. The number of benzene rings is 1. The summed E-state index contributed by atoms with van der Waals surface area (Å²) in [6.07, 6.45) is 3.18. The molecule has 27 heavy (non-hydrogen) atoms. The van der Waals surface area contributed by atoms with Crippen molar-refractivity contribution in [3.8, 4) is 5.75 Å². The summed E-state index contributed by atoms with van der Waals surface area (Å²) in [6.45, 7) is 4.60. The molecule has 0 saturated carbocycles. The Balaban J connectivity index is 1.34. The molecule has 0 spiro atoms. The van der Waals surface area contributed by atoms with Gasteiger partial charge in [-0.25, -0.2) is 0 Å². The van der Waals surface area contributed by atoms with Gasteiger partial charge in [0.1, 0.15) is 12.4 Å². The number of ether oxygens (including phenoxy) is 1. The van der Waals surface area contributed by atoms with Crippen molar-refractivity contribution in [1.29, 1.82) is 0 Å². The van der Waals surface area contributed by atoms with Gasteiger partial charge in [0.15, 0.2) is 11.5 Å².